The van der Waals surface area contributed by atoms with Gasteiger partial charge >= 0.3 is 215 Å². The molecule has 3 nitrogen and oxygen atoms in total. The second-order valence-electron chi connectivity index (χ2n) is 9.31. The number of ketones is 2. The molecule has 34 heavy (non-hydrogen) atoms. The van der Waals surface area contributed by atoms with Crippen LogP contribution >= 0.6 is 0 Å². The van der Waals surface area contributed by atoms with Crippen LogP contribution < -0.4 is 12.1 Å². The zero-order chi connectivity index (χ0) is 23.2. The normalized spacial score (nSPS) is 16.6. The maximum atomic E-state index is 13.0. The number of Topliss-reactive ketones (excluding diaryl/α,β-unsaturated/α-hetero) is 2. The number of rotatable bonds is 1. The first-order chi connectivity index (χ1) is 16.4. The predicted molar refractivity (Wildman–Crippen MR) is 138 cm³/mol. The third kappa shape index (κ3) is 2.70. The average Bonchev–Trinajstić information content (AvgIpc) is 3.38. The van der Waals surface area contributed by atoms with E-state index in [2.05, 4.69) is 67.3 Å². The third-order valence-corrected chi connectivity index (χ3v) is 12.4. The molecule has 0 atom stereocenters. The summed E-state index contributed by atoms with van der Waals surface area (Å²) < 4.78 is 5.37. The monoisotopic (exact) mass is 623 g/mol. The second kappa shape index (κ2) is 7.17. The predicted octanol–water partition coefficient (Wildman–Crippen LogP) is 4.28. The molecule has 0 amide bonds. The van der Waals surface area contributed by atoms with Crippen LogP contribution in [0.15, 0.2) is 78.4 Å². The summed E-state index contributed by atoms with van der Waals surface area (Å²) >= 11 is -0.463. The Kier molecular flexibility index (Phi) is 4.36. The molecule has 0 bridgehead atoms. The number of nitrogens with zero attached hydrogens (tertiary/aromatic N) is 1. The van der Waals surface area contributed by atoms with Gasteiger partial charge in [0.1, 0.15) is 0 Å². The van der Waals surface area contributed by atoms with Crippen molar-refractivity contribution in [2.75, 3.05) is 4.90 Å². The second-order valence-corrected chi connectivity index (χ2v) is 14.6. The molecule has 2 aliphatic heterocycles. The SMILES string of the molecule is CC1(C)c2cc(C=C3C(=O)c4ccccc4C3=O)[se]c2N2c3ccccc3[Te]c3cccc1c32. The fourth-order valence-electron chi connectivity index (χ4n) is 5.29. The molecule has 3 aliphatic rings. The number of hydrogen-bond acceptors (Lipinski definition) is 3. The van der Waals surface area contributed by atoms with Gasteiger partial charge in [-0.25, -0.2) is 0 Å². The number of allylic oxidation sites excluding steroid dienone is 1. The summed E-state index contributed by atoms with van der Waals surface area (Å²) in [6, 6.07) is 25.0. The topological polar surface area (TPSA) is 37.4 Å². The van der Waals surface area contributed by atoms with E-state index >= 15 is 0 Å². The van der Waals surface area contributed by atoms with Crippen molar-refractivity contribution in [3.05, 3.63) is 105 Å². The minimum absolute atomic E-state index is 0.00918. The van der Waals surface area contributed by atoms with Gasteiger partial charge in [0.05, 0.1) is 0 Å². The van der Waals surface area contributed by atoms with Crippen LogP contribution in [0.1, 0.15) is 50.1 Å². The summed E-state index contributed by atoms with van der Waals surface area (Å²) in [6.07, 6.45) is 1.87. The van der Waals surface area contributed by atoms with E-state index in [4.69, 9.17) is 0 Å². The van der Waals surface area contributed by atoms with Crippen LogP contribution in [0, 0.1) is 0 Å². The summed E-state index contributed by atoms with van der Waals surface area (Å²) in [5, 5.41) is 0. The molecule has 1 aromatic heterocycles. The Hall–Kier alpha value is -2.67. The van der Waals surface area contributed by atoms with Crippen molar-refractivity contribution in [3.63, 3.8) is 0 Å². The summed E-state index contributed by atoms with van der Waals surface area (Å²) in [6.45, 7) is 4.61. The number of benzene rings is 3. The van der Waals surface area contributed by atoms with E-state index in [0.717, 1.165) is 4.44 Å². The molecule has 164 valence electrons. The number of carbonyl (C=O) groups excluding carboxylic acids is 2. The van der Waals surface area contributed by atoms with Crippen molar-refractivity contribution < 1.29 is 9.59 Å². The summed E-state index contributed by atoms with van der Waals surface area (Å²) in [5.74, 6) is -0.304. The standard InChI is InChI=1S/C29H19NO2SeTe/c1-29(2)20-10-7-13-24-25(20)30(22-11-5-6-12-23(22)34-24)28-21(29)15-16(33-28)14-19-26(31)17-8-3-4-9-18(17)27(19)32/h3-15H,1-2H3. The van der Waals surface area contributed by atoms with Gasteiger partial charge in [0.15, 0.2) is 0 Å². The first kappa shape index (κ1) is 20.7. The molecule has 0 radical (unpaired) electrons. The van der Waals surface area contributed by atoms with Crippen molar-refractivity contribution in [3.8, 4) is 0 Å². The molecule has 3 aromatic carbocycles. The van der Waals surface area contributed by atoms with Gasteiger partial charge in [0.25, 0.3) is 0 Å². The summed E-state index contributed by atoms with van der Waals surface area (Å²) in [5.41, 5.74) is 6.56. The van der Waals surface area contributed by atoms with E-state index in [1.54, 1.807) is 12.1 Å². The molecule has 0 saturated carbocycles. The number of para-hydroxylation sites is 2. The van der Waals surface area contributed by atoms with Crippen LogP contribution in [-0.2, 0) is 5.41 Å². The van der Waals surface area contributed by atoms with Crippen molar-refractivity contribution in [2.24, 2.45) is 0 Å². The van der Waals surface area contributed by atoms with Gasteiger partial charge in [-0.15, -0.1) is 0 Å². The number of fused-ring (bicyclic) bond motifs is 5. The van der Waals surface area contributed by atoms with Gasteiger partial charge in [0, 0.05) is 0 Å². The zero-order valence-electron chi connectivity index (χ0n) is 18.6. The molecule has 4 aromatic rings. The van der Waals surface area contributed by atoms with E-state index in [1.807, 2.05) is 18.2 Å². The Morgan fingerprint density at radius 3 is 2.26 bits per heavy atom. The van der Waals surface area contributed by atoms with Crippen molar-refractivity contribution in [2.45, 2.75) is 19.3 Å². The van der Waals surface area contributed by atoms with Crippen LogP contribution in [0.4, 0.5) is 15.9 Å². The third-order valence-electron chi connectivity index (χ3n) is 7.02. The Balaban J connectivity index is 1.44. The van der Waals surface area contributed by atoms with E-state index in [-0.39, 0.29) is 31.5 Å². The molecule has 0 unspecified atom stereocenters. The van der Waals surface area contributed by atoms with Crippen LogP contribution in [-0.4, -0.2) is 47.0 Å². The molecule has 7 rings (SSSR count). The molecule has 1 aliphatic carbocycles. The van der Waals surface area contributed by atoms with Gasteiger partial charge in [-0.2, -0.15) is 0 Å². The maximum absolute atomic E-state index is 13.0. The van der Waals surface area contributed by atoms with Gasteiger partial charge in [-0.3, -0.25) is 0 Å². The van der Waals surface area contributed by atoms with Gasteiger partial charge in [0.2, 0.25) is 0 Å². The zero-order valence-corrected chi connectivity index (χ0v) is 22.6. The first-order valence-electron chi connectivity index (χ1n) is 11.2. The summed E-state index contributed by atoms with van der Waals surface area (Å²) in [4.78, 5) is 28.5. The van der Waals surface area contributed by atoms with Crippen molar-refractivity contribution in [1.82, 2.24) is 0 Å². The van der Waals surface area contributed by atoms with Crippen LogP contribution in [0.3, 0.4) is 0 Å². The molecule has 5 heteroatoms. The van der Waals surface area contributed by atoms with Crippen LogP contribution in [0.2, 0.25) is 0 Å². The molecule has 0 spiro atoms. The Bertz CT molecular complexity index is 1570. The fourth-order valence-corrected chi connectivity index (χ4v) is 11.1. The molecule has 0 saturated heterocycles. The summed E-state index contributed by atoms with van der Waals surface area (Å²) in [7, 11) is 0. The molecule has 3 heterocycles. The van der Waals surface area contributed by atoms with Gasteiger partial charge in [-0.05, 0) is 0 Å². The Morgan fingerprint density at radius 1 is 0.824 bits per heavy atom. The number of anilines is 3. The average molecular weight is 620 g/mol. The van der Waals surface area contributed by atoms with Gasteiger partial charge < -0.3 is 0 Å². The van der Waals surface area contributed by atoms with Crippen LogP contribution in [0.25, 0.3) is 6.08 Å². The molecular weight excluding hydrogens is 601 g/mol. The fraction of sp³-hybridized carbons (Fsp3) is 0.103. The van der Waals surface area contributed by atoms with Crippen molar-refractivity contribution in [1.29, 1.82) is 0 Å². The van der Waals surface area contributed by atoms with E-state index < -0.39 is 20.9 Å². The molecular formula is C29H19NO2SeTe. The molecule has 0 N–H and O–H groups in total. The number of hydrogen-bond donors (Lipinski definition) is 0. The first-order valence-corrected chi connectivity index (χ1v) is 15.2. The van der Waals surface area contributed by atoms with Crippen molar-refractivity contribution >= 4 is 76.2 Å². The van der Waals surface area contributed by atoms with Crippen LogP contribution in [0.5, 0.6) is 0 Å². The number of carbonyl (C=O) groups is 2. The van der Waals surface area contributed by atoms with E-state index in [1.165, 1.54) is 34.3 Å². The Morgan fingerprint density at radius 2 is 1.50 bits per heavy atom. The minimum atomic E-state index is -0.454. The quantitative estimate of drug-likeness (QED) is 0.160. The Labute approximate surface area is 213 Å². The van der Waals surface area contributed by atoms with E-state index in [0.29, 0.717) is 16.7 Å². The molecule has 0 fully saturated rings. The van der Waals surface area contributed by atoms with E-state index in [9.17, 15) is 9.59 Å². The van der Waals surface area contributed by atoms with Gasteiger partial charge in [-0.1, -0.05) is 0 Å².